The molecule has 1 N–H and O–H groups in total. The summed E-state index contributed by atoms with van der Waals surface area (Å²) in [5.74, 6) is -0.204. The van der Waals surface area contributed by atoms with Crippen molar-refractivity contribution in [2.75, 3.05) is 31.6 Å². The number of anilines is 1. The van der Waals surface area contributed by atoms with Crippen LogP contribution in [0.2, 0.25) is 0 Å². The second-order valence-corrected chi connectivity index (χ2v) is 7.34. The van der Waals surface area contributed by atoms with Gasteiger partial charge in [0, 0.05) is 19.5 Å². The Bertz CT molecular complexity index is 873. The van der Waals surface area contributed by atoms with Gasteiger partial charge in [-0.2, -0.15) is 18.3 Å². The molecule has 6 nitrogen and oxygen atoms in total. The summed E-state index contributed by atoms with van der Waals surface area (Å²) in [6, 6.07) is 5.18. The monoisotopic (exact) mass is 408 g/mol. The normalized spacial score (nSPS) is 22.1. The summed E-state index contributed by atoms with van der Waals surface area (Å²) in [6.45, 7) is 3.68. The number of halogens is 3. The van der Waals surface area contributed by atoms with Crippen molar-refractivity contribution in [3.8, 4) is 0 Å². The van der Waals surface area contributed by atoms with E-state index in [0.29, 0.717) is 26.3 Å². The van der Waals surface area contributed by atoms with Gasteiger partial charge >= 0.3 is 6.18 Å². The molecule has 0 spiro atoms. The molecule has 1 aromatic heterocycles. The first-order valence-electron chi connectivity index (χ1n) is 9.75. The summed E-state index contributed by atoms with van der Waals surface area (Å²) in [5.41, 5.74) is 2.04. The molecule has 2 aliphatic rings. The lowest BCUT2D eigenvalue weighted by atomic mass is 9.95. The van der Waals surface area contributed by atoms with Crippen LogP contribution in [0.15, 0.2) is 30.5 Å². The fourth-order valence-corrected chi connectivity index (χ4v) is 3.86. The van der Waals surface area contributed by atoms with Gasteiger partial charge in [-0.05, 0) is 17.5 Å². The van der Waals surface area contributed by atoms with Crippen molar-refractivity contribution in [1.82, 2.24) is 14.7 Å². The van der Waals surface area contributed by atoms with Crippen molar-refractivity contribution in [3.05, 3.63) is 47.2 Å². The number of morpholine rings is 1. The van der Waals surface area contributed by atoms with Gasteiger partial charge in [-0.25, -0.2) is 4.68 Å². The number of ether oxygens (including phenoxy) is 1. The van der Waals surface area contributed by atoms with Crippen LogP contribution in [0, 0.1) is 0 Å². The molecular formula is C20H23F3N4O2. The highest BCUT2D eigenvalue weighted by atomic mass is 19.4. The van der Waals surface area contributed by atoms with Crippen molar-refractivity contribution >= 4 is 11.7 Å². The molecule has 4 rings (SSSR count). The summed E-state index contributed by atoms with van der Waals surface area (Å²) in [4.78, 5) is 14.5. The Labute approximate surface area is 166 Å². The van der Waals surface area contributed by atoms with E-state index in [1.807, 2.05) is 31.2 Å². The lowest BCUT2D eigenvalue weighted by molar-refractivity contribution is -0.173. The average molecular weight is 408 g/mol. The summed E-state index contributed by atoms with van der Waals surface area (Å²) in [5, 5.41) is 7.07. The number of amides is 1. The van der Waals surface area contributed by atoms with Crippen LogP contribution < -0.4 is 5.32 Å². The Morgan fingerprint density at radius 3 is 2.55 bits per heavy atom. The van der Waals surface area contributed by atoms with E-state index in [9.17, 15) is 18.0 Å². The Morgan fingerprint density at radius 1 is 1.24 bits per heavy atom. The Kier molecular flexibility index (Phi) is 5.24. The van der Waals surface area contributed by atoms with Crippen LogP contribution in [-0.4, -0.2) is 53.1 Å². The number of hydrogen-bond acceptors (Lipinski definition) is 4. The van der Waals surface area contributed by atoms with Crippen molar-refractivity contribution in [2.45, 2.75) is 38.0 Å². The van der Waals surface area contributed by atoms with Crippen LogP contribution in [0.3, 0.4) is 0 Å². The maximum atomic E-state index is 13.8. The van der Waals surface area contributed by atoms with Gasteiger partial charge in [0.05, 0.1) is 25.5 Å². The number of benzene rings is 1. The van der Waals surface area contributed by atoms with Crippen LogP contribution in [0.5, 0.6) is 0 Å². The summed E-state index contributed by atoms with van der Waals surface area (Å²) in [7, 11) is 0. The molecule has 3 heterocycles. The highest BCUT2D eigenvalue weighted by molar-refractivity contribution is 5.99. The lowest BCUT2D eigenvalue weighted by Crippen LogP contribution is -2.41. The number of hydrogen-bond donors (Lipinski definition) is 1. The molecule has 9 heteroatoms. The molecule has 1 fully saturated rings. The molecule has 0 aliphatic carbocycles. The zero-order valence-corrected chi connectivity index (χ0v) is 16.1. The third-order valence-electron chi connectivity index (χ3n) is 5.56. The molecule has 1 amide bonds. The van der Waals surface area contributed by atoms with E-state index in [2.05, 4.69) is 10.4 Å². The largest absolute Gasteiger partial charge is 0.410 e. The summed E-state index contributed by atoms with van der Waals surface area (Å²) >= 11 is 0. The number of aromatic nitrogens is 2. The number of carbonyl (C=O) groups is 1. The van der Waals surface area contributed by atoms with Gasteiger partial charge in [0.15, 0.2) is 6.04 Å². The highest BCUT2D eigenvalue weighted by Crippen LogP contribution is 2.44. The number of nitrogens with one attached hydrogen (secondary N) is 1. The second kappa shape index (κ2) is 7.70. The number of aryl methyl sites for hydroxylation is 1. The van der Waals surface area contributed by atoms with E-state index in [0.717, 1.165) is 22.2 Å². The van der Waals surface area contributed by atoms with E-state index in [1.165, 1.54) is 6.20 Å². The van der Waals surface area contributed by atoms with E-state index in [1.54, 1.807) is 4.90 Å². The van der Waals surface area contributed by atoms with Crippen LogP contribution in [0.1, 0.15) is 46.9 Å². The van der Waals surface area contributed by atoms with Crippen LogP contribution >= 0.6 is 0 Å². The zero-order chi connectivity index (χ0) is 20.6. The second-order valence-electron chi connectivity index (χ2n) is 7.34. The van der Waals surface area contributed by atoms with Crippen LogP contribution in [-0.2, 0) is 11.2 Å². The first-order valence-corrected chi connectivity index (χ1v) is 9.75. The maximum Gasteiger partial charge on any atom is 0.410 e. The molecule has 2 aromatic rings. The quantitative estimate of drug-likeness (QED) is 0.844. The number of nitrogens with zero attached hydrogens (tertiary/aromatic N) is 3. The van der Waals surface area contributed by atoms with Crippen molar-refractivity contribution in [1.29, 1.82) is 0 Å². The summed E-state index contributed by atoms with van der Waals surface area (Å²) in [6.07, 6.45) is -2.56. The molecule has 2 atom stereocenters. The van der Waals surface area contributed by atoms with E-state index >= 15 is 0 Å². The average Bonchev–Trinajstić information content (AvgIpc) is 3.16. The Balaban J connectivity index is 1.68. The van der Waals surface area contributed by atoms with Gasteiger partial charge in [0.2, 0.25) is 0 Å². The summed E-state index contributed by atoms with van der Waals surface area (Å²) < 4.78 is 47.5. The fraction of sp³-hybridized carbons (Fsp3) is 0.500. The van der Waals surface area contributed by atoms with Gasteiger partial charge in [0.25, 0.3) is 5.91 Å². The molecule has 0 saturated carbocycles. The van der Waals surface area contributed by atoms with E-state index < -0.39 is 18.3 Å². The first kappa shape index (κ1) is 19.8. The zero-order valence-electron chi connectivity index (χ0n) is 16.1. The third kappa shape index (κ3) is 3.83. The van der Waals surface area contributed by atoms with E-state index in [-0.39, 0.29) is 23.7 Å². The molecule has 29 heavy (non-hydrogen) atoms. The van der Waals surface area contributed by atoms with Crippen molar-refractivity contribution in [2.24, 2.45) is 0 Å². The van der Waals surface area contributed by atoms with Crippen LogP contribution in [0.25, 0.3) is 0 Å². The van der Waals surface area contributed by atoms with Crippen molar-refractivity contribution < 1.29 is 22.7 Å². The van der Waals surface area contributed by atoms with Gasteiger partial charge in [-0.1, -0.05) is 31.2 Å². The molecule has 1 saturated heterocycles. The topological polar surface area (TPSA) is 59.4 Å². The smallest absolute Gasteiger partial charge is 0.378 e. The maximum absolute atomic E-state index is 13.8. The molecule has 0 bridgehead atoms. The molecule has 1 aromatic carbocycles. The standard InChI is InChI=1S/C20H23F3N4O2/c1-2-13-3-5-14(6-4-13)16-11-17(20(21,22)23)27-18(25-16)15(12-24-27)19(28)26-7-9-29-10-8-26/h3-6,12,16-17,25H,2,7-11H2,1H3/t16-,17-/m0/s1. The predicted molar refractivity (Wildman–Crippen MR) is 101 cm³/mol. The fourth-order valence-electron chi connectivity index (χ4n) is 3.86. The molecule has 0 radical (unpaired) electrons. The Hall–Kier alpha value is -2.55. The first-order chi connectivity index (χ1) is 13.9. The number of carbonyl (C=O) groups excluding carboxylic acids is 1. The van der Waals surface area contributed by atoms with Gasteiger partial charge < -0.3 is 15.0 Å². The predicted octanol–water partition coefficient (Wildman–Crippen LogP) is 3.58. The molecular weight excluding hydrogens is 385 g/mol. The SMILES string of the molecule is CCc1ccc([C@@H]2C[C@@H](C(F)(F)F)n3ncc(C(=O)N4CCOCC4)c3N2)cc1. The minimum Gasteiger partial charge on any atom is -0.378 e. The van der Waals surface area contributed by atoms with Gasteiger partial charge in [0.1, 0.15) is 11.4 Å². The molecule has 156 valence electrons. The minimum atomic E-state index is -4.47. The van der Waals surface area contributed by atoms with E-state index in [4.69, 9.17) is 4.74 Å². The number of fused-ring (bicyclic) bond motifs is 1. The van der Waals surface area contributed by atoms with Gasteiger partial charge in [-0.3, -0.25) is 4.79 Å². The minimum absolute atomic E-state index is 0.125. The lowest BCUT2D eigenvalue weighted by Gasteiger charge is -2.34. The van der Waals surface area contributed by atoms with Crippen LogP contribution in [0.4, 0.5) is 19.0 Å². The number of alkyl halides is 3. The van der Waals surface area contributed by atoms with Crippen molar-refractivity contribution in [3.63, 3.8) is 0 Å². The highest BCUT2D eigenvalue weighted by Gasteiger charge is 2.47. The third-order valence-corrected chi connectivity index (χ3v) is 5.56. The molecule has 0 unspecified atom stereocenters. The van der Waals surface area contributed by atoms with Gasteiger partial charge in [-0.15, -0.1) is 0 Å². The Morgan fingerprint density at radius 2 is 1.93 bits per heavy atom. The number of rotatable bonds is 3. The molecule has 2 aliphatic heterocycles.